The van der Waals surface area contributed by atoms with Crippen LogP contribution >= 0.6 is 0 Å². The molecule has 0 fully saturated rings. The van der Waals surface area contributed by atoms with E-state index in [1.165, 1.54) is 136 Å². The zero-order chi connectivity index (χ0) is 91.9. The number of rotatable bonds is 6. The Labute approximate surface area is 801 Å². The van der Waals surface area contributed by atoms with E-state index < -0.39 is 0 Å². The zero-order valence-corrected chi connectivity index (χ0v) is 75.6. The van der Waals surface area contributed by atoms with Crippen LogP contribution in [0, 0.1) is 0 Å². The maximum absolute atomic E-state index is 5.23. The van der Waals surface area contributed by atoms with Gasteiger partial charge in [0.15, 0.2) is 0 Å². The third-order valence-corrected chi connectivity index (χ3v) is 29.6. The summed E-state index contributed by atoms with van der Waals surface area (Å²) in [5, 5.41) is 23.9. The number of nitrogens with zero attached hydrogens (tertiary/aromatic N) is 14. The molecule has 0 atom stereocenters. The zero-order valence-electron chi connectivity index (χ0n) is 75.6. The monoisotopic (exact) mass is 1800 g/mol. The van der Waals surface area contributed by atoms with Gasteiger partial charge in [-0.05, 0) is 223 Å². The van der Waals surface area contributed by atoms with Crippen molar-refractivity contribution in [2.75, 3.05) is 0 Å². The maximum Gasteiger partial charge on any atom is 0.147 e. The molecule has 14 heterocycles. The molecule has 14 aromatic heterocycles. The molecule has 19 aromatic carbocycles. The first-order valence-electron chi connectivity index (χ1n) is 48.0. The standard InChI is InChI=1S/C43H26N4.2C42H25N5/c1-3-13-27(14-4-1)45-37-21-11-8-18-31(37)41-39(45)24-23-30-33-25-32-29-17-7-10-20-36(29)47-38-22-12-9-19-35(38)44-43(47)34(32)26-40(33)46(42(30)41)28-15-5-2-6-16-28;1-3-12-26(13-4-1)45-35-19-9-7-16-30(35)39-37(45)22-21-28-32-24-31-29-17-11-23-43-41(29)47-36-20-10-8-18-34(36)44-42(47)33(31)25-38(32)46(40(28)39)27-14-5-2-6-15-27;1-3-12-26(13-4-1)45-34-18-9-7-16-29(34)39-36(45)22-21-28-30-24-31-32(25-38(30)46(41(28)39)27-14-5-2-6-15-27)42-44-33-17-8-10-19-35(33)47(42)37-20-11-23-43-40(31)37/h1-26H;2*1-25H. The molecule has 14 nitrogen and oxygen atoms in total. The molecule has 654 valence electrons. The summed E-state index contributed by atoms with van der Waals surface area (Å²) in [5.74, 6) is 0. The van der Waals surface area contributed by atoms with Crippen molar-refractivity contribution < 1.29 is 0 Å². The van der Waals surface area contributed by atoms with Gasteiger partial charge in [-0.15, -0.1) is 0 Å². The Morgan fingerprint density at radius 1 is 0.142 bits per heavy atom. The summed E-state index contributed by atoms with van der Waals surface area (Å²) < 4.78 is 21.4. The van der Waals surface area contributed by atoms with Gasteiger partial charge in [0.05, 0.1) is 116 Å². The van der Waals surface area contributed by atoms with Crippen LogP contribution in [-0.4, -0.2) is 65.5 Å². The number of hydrogen-bond acceptors (Lipinski definition) is 5. The van der Waals surface area contributed by atoms with Crippen LogP contribution in [-0.2, 0) is 0 Å². The number of pyridine rings is 5. The van der Waals surface area contributed by atoms with E-state index in [9.17, 15) is 0 Å². The lowest BCUT2D eigenvalue weighted by Gasteiger charge is -2.12. The average Bonchev–Trinajstić information content (AvgIpc) is 1.54. The number of hydrogen-bond donors (Lipinski definition) is 0. The molecule has 0 saturated carbocycles. The molecule has 0 N–H and O–H groups in total. The molecule has 141 heavy (non-hydrogen) atoms. The summed E-state index contributed by atoms with van der Waals surface area (Å²) in [6.07, 6.45) is 3.77. The van der Waals surface area contributed by atoms with Crippen molar-refractivity contribution in [2.24, 2.45) is 0 Å². The van der Waals surface area contributed by atoms with Crippen molar-refractivity contribution in [3.63, 3.8) is 0 Å². The average molecular weight is 1800 g/mol. The van der Waals surface area contributed by atoms with Gasteiger partial charge >= 0.3 is 0 Å². The molecule has 0 amide bonds. The van der Waals surface area contributed by atoms with Gasteiger partial charge in [-0.1, -0.05) is 237 Å². The summed E-state index contributed by atoms with van der Waals surface area (Å²) in [5.41, 5.74) is 34.3. The van der Waals surface area contributed by atoms with Crippen LogP contribution in [0.4, 0.5) is 0 Å². The molecule has 0 spiro atoms. The molecule has 0 bridgehead atoms. The fourth-order valence-electron chi connectivity index (χ4n) is 23.9. The third kappa shape index (κ3) is 10.9. The van der Waals surface area contributed by atoms with Crippen molar-refractivity contribution in [1.82, 2.24) is 65.5 Å². The predicted molar refractivity (Wildman–Crippen MR) is 585 cm³/mol. The number of imidazole rings is 3. The minimum atomic E-state index is 0.920. The first-order chi connectivity index (χ1) is 70.0. The Morgan fingerprint density at radius 3 is 0.830 bits per heavy atom. The highest BCUT2D eigenvalue weighted by Crippen LogP contribution is 2.51. The van der Waals surface area contributed by atoms with Gasteiger partial charge in [0.1, 0.15) is 22.6 Å². The van der Waals surface area contributed by atoms with Gasteiger partial charge in [0.25, 0.3) is 0 Å². The van der Waals surface area contributed by atoms with E-state index in [4.69, 9.17) is 24.9 Å². The first kappa shape index (κ1) is 77.0. The lowest BCUT2D eigenvalue weighted by atomic mass is 10.0. The molecule has 0 aliphatic heterocycles. The van der Waals surface area contributed by atoms with Gasteiger partial charge in [0, 0.05) is 143 Å². The molecule has 0 unspecified atom stereocenters. The SMILES string of the molecule is c1ccc(-n2c3ccccc3c3c2ccc2c4cc5c(cc4n(-c4ccccc4)c23)c2nc3ccccc3n2c2cccnc52)cc1.c1ccc(-n2c3ccccc3c3c2ccc2c4cc5c6ccccc6n6c7ccccc7nc6c5cc4n(-c4ccccc4)c23)cc1.c1ccc(-n2c3ccccc3c3c2ccc2c4cc5c6cccnc6n6c7ccccc7nc6c5cc4n(-c4ccccc4)c23)cc1. The minimum absolute atomic E-state index is 0.920. The van der Waals surface area contributed by atoms with Crippen molar-refractivity contribution in [1.29, 1.82) is 0 Å². The van der Waals surface area contributed by atoms with E-state index in [1.807, 2.05) is 24.5 Å². The van der Waals surface area contributed by atoms with Crippen molar-refractivity contribution in [3.8, 4) is 34.1 Å². The molecule has 14 heteroatoms. The number of para-hydroxylation sites is 16. The second-order valence-corrected chi connectivity index (χ2v) is 36.9. The Balaban J connectivity index is 0.0000000972. The van der Waals surface area contributed by atoms with Crippen molar-refractivity contribution >= 4 is 246 Å². The fourth-order valence-corrected chi connectivity index (χ4v) is 23.9. The summed E-state index contributed by atoms with van der Waals surface area (Å²) in [7, 11) is 0. The highest BCUT2D eigenvalue weighted by molar-refractivity contribution is 6.33. The van der Waals surface area contributed by atoms with Crippen LogP contribution < -0.4 is 0 Å². The van der Waals surface area contributed by atoms with Crippen molar-refractivity contribution in [2.45, 2.75) is 0 Å². The quantitative estimate of drug-likeness (QED) is 0.154. The summed E-state index contributed by atoms with van der Waals surface area (Å²) in [4.78, 5) is 25.5. The molecule has 0 saturated heterocycles. The van der Waals surface area contributed by atoms with Gasteiger partial charge in [-0.25, -0.2) is 19.9 Å². The highest BCUT2D eigenvalue weighted by atomic mass is 15.1. The van der Waals surface area contributed by atoms with E-state index in [2.05, 4.69) is 477 Å². The normalized spacial score (nSPS) is 12.3. The van der Waals surface area contributed by atoms with Crippen LogP contribution in [0.15, 0.2) is 461 Å². The van der Waals surface area contributed by atoms with E-state index in [-0.39, 0.29) is 0 Å². The predicted octanol–water partition coefficient (Wildman–Crippen LogP) is 31.8. The van der Waals surface area contributed by atoms with Gasteiger partial charge in [-0.3, -0.25) is 18.2 Å². The molecule has 33 aromatic rings. The first-order valence-corrected chi connectivity index (χ1v) is 48.0. The van der Waals surface area contributed by atoms with Crippen LogP contribution in [0.2, 0.25) is 0 Å². The Bertz CT molecular complexity index is 10200. The number of benzene rings is 19. The lowest BCUT2D eigenvalue weighted by Crippen LogP contribution is -1.96. The Hall–Kier alpha value is -19.3. The van der Waals surface area contributed by atoms with E-state index in [0.29, 0.717) is 0 Å². The van der Waals surface area contributed by atoms with Gasteiger partial charge < -0.3 is 27.4 Å². The van der Waals surface area contributed by atoms with Crippen LogP contribution in [0.1, 0.15) is 0 Å². The summed E-state index contributed by atoms with van der Waals surface area (Å²) >= 11 is 0. The van der Waals surface area contributed by atoms with E-state index in [0.717, 1.165) is 144 Å². The maximum atomic E-state index is 5.23. The Morgan fingerprint density at radius 2 is 0.426 bits per heavy atom. The molecule has 0 aliphatic carbocycles. The van der Waals surface area contributed by atoms with Crippen LogP contribution in [0.5, 0.6) is 0 Å². The number of fused-ring (bicyclic) bond motifs is 45. The topological polar surface area (TPSA) is 107 Å². The van der Waals surface area contributed by atoms with Crippen LogP contribution in [0.3, 0.4) is 0 Å². The minimum Gasteiger partial charge on any atom is -0.309 e. The second kappa shape index (κ2) is 29.6. The molecule has 33 rings (SSSR count). The van der Waals surface area contributed by atoms with Gasteiger partial charge in [0.2, 0.25) is 0 Å². The summed E-state index contributed by atoms with van der Waals surface area (Å²) in [6, 6.07) is 161. The molecular weight excluding hydrogens is 1720 g/mol. The highest BCUT2D eigenvalue weighted by Gasteiger charge is 2.30. The van der Waals surface area contributed by atoms with Crippen LogP contribution in [0.25, 0.3) is 280 Å². The smallest absolute Gasteiger partial charge is 0.147 e. The fraction of sp³-hybridized carbons (Fsp3) is 0. The third-order valence-electron chi connectivity index (χ3n) is 29.6. The largest absolute Gasteiger partial charge is 0.309 e. The van der Waals surface area contributed by atoms with Gasteiger partial charge in [-0.2, -0.15) is 0 Å². The molecular formula is C127H76N14. The van der Waals surface area contributed by atoms with E-state index in [1.54, 1.807) is 0 Å². The summed E-state index contributed by atoms with van der Waals surface area (Å²) in [6.45, 7) is 0. The number of aromatic nitrogens is 14. The second-order valence-electron chi connectivity index (χ2n) is 36.9. The Kier molecular flexibility index (Phi) is 16.2. The van der Waals surface area contributed by atoms with Crippen molar-refractivity contribution in [3.05, 3.63) is 461 Å². The molecule has 0 radical (unpaired) electrons. The molecule has 0 aliphatic rings. The lowest BCUT2D eigenvalue weighted by molar-refractivity contribution is 1.17. The van der Waals surface area contributed by atoms with E-state index >= 15 is 0 Å².